The molecule has 0 saturated heterocycles. The fraction of sp³-hybridized carbons (Fsp3) is 0.462. The average molecular weight is 378 g/mol. The molecule has 1 aromatic carbocycles. The van der Waals surface area contributed by atoms with Crippen LogP contribution in [-0.4, -0.2) is 44.5 Å². The highest BCUT2D eigenvalue weighted by molar-refractivity contribution is 9.10. The van der Waals surface area contributed by atoms with E-state index in [0.29, 0.717) is 37.3 Å². The van der Waals surface area contributed by atoms with Crippen LogP contribution >= 0.6 is 15.9 Å². The van der Waals surface area contributed by atoms with Gasteiger partial charge in [0.2, 0.25) is 10.0 Å². The van der Waals surface area contributed by atoms with E-state index in [9.17, 15) is 13.2 Å². The van der Waals surface area contributed by atoms with Gasteiger partial charge in [0.1, 0.15) is 0 Å². The first-order valence-electron chi connectivity index (χ1n) is 6.54. The summed E-state index contributed by atoms with van der Waals surface area (Å²) in [5, 5.41) is 2.73. The highest BCUT2D eigenvalue weighted by atomic mass is 79.9. The molecule has 3 N–H and O–H groups in total. The molecule has 0 aliphatic rings. The van der Waals surface area contributed by atoms with E-state index in [1.54, 1.807) is 25.1 Å². The summed E-state index contributed by atoms with van der Waals surface area (Å²) in [6.45, 7) is 2.97. The molecular formula is C13H20BrN3O3S. The number of sulfonamides is 1. The van der Waals surface area contributed by atoms with Gasteiger partial charge in [0, 0.05) is 29.8 Å². The van der Waals surface area contributed by atoms with Gasteiger partial charge >= 0.3 is 0 Å². The summed E-state index contributed by atoms with van der Waals surface area (Å²) >= 11 is 3.28. The van der Waals surface area contributed by atoms with Crippen LogP contribution in [0.4, 0.5) is 5.69 Å². The number of hydrogen-bond donors (Lipinski definition) is 2. The average Bonchev–Trinajstić information content (AvgIpc) is 2.36. The number of halogens is 1. The molecule has 0 radical (unpaired) electrons. The van der Waals surface area contributed by atoms with Crippen molar-refractivity contribution in [3.05, 3.63) is 28.2 Å². The van der Waals surface area contributed by atoms with Crippen LogP contribution in [0.1, 0.15) is 23.7 Å². The van der Waals surface area contributed by atoms with E-state index in [-0.39, 0.29) is 5.91 Å². The van der Waals surface area contributed by atoms with Gasteiger partial charge in [0.15, 0.2) is 0 Å². The molecule has 21 heavy (non-hydrogen) atoms. The standard InChI is InChI=1S/C13H20BrN3O3S/c1-3-17(21(2,19)20)8-4-7-16-13(18)11-6-5-10(14)9-12(11)15/h5-6,9H,3-4,7-8,15H2,1-2H3,(H,16,18). The monoisotopic (exact) mass is 377 g/mol. The normalized spacial score (nSPS) is 11.6. The molecule has 118 valence electrons. The Balaban J connectivity index is 2.47. The molecule has 1 rings (SSSR count). The molecule has 0 heterocycles. The van der Waals surface area contributed by atoms with Crippen LogP contribution in [0, 0.1) is 0 Å². The Bertz CT molecular complexity index is 605. The summed E-state index contributed by atoms with van der Waals surface area (Å²) in [6.07, 6.45) is 1.72. The largest absolute Gasteiger partial charge is 0.398 e. The molecule has 0 spiro atoms. The highest BCUT2D eigenvalue weighted by Gasteiger charge is 2.14. The van der Waals surface area contributed by atoms with Crippen LogP contribution < -0.4 is 11.1 Å². The van der Waals surface area contributed by atoms with Crippen LogP contribution in [0.3, 0.4) is 0 Å². The topological polar surface area (TPSA) is 92.5 Å². The number of carbonyl (C=O) groups excluding carboxylic acids is 1. The van der Waals surface area contributed by atoms with Crippen molar-refractivity contribution in [3.63, 3.8) is 0 Å². The van der Waals surface area contributed by atoms with Crippen molar-refractivity contribution in [3.8, 4) is 0 Å². The molecule has 0 bridgehead atoms. The molecule has 0 saturated carbocycles. The predicted molar refractivity (Wildman–Crippen MR) is 87.6 cm³/mol. The lowest BCUT2D eigenvalue weighted by Crippen LogP contribution is -2.33. The van der Waals surface area contributed by atoms with Crippen molar-refractivity contribution < 1.29 is 13.2 Å². The molecule has 0 atom stereocenters. The second-order valence-electron chi connectivity index (χ2n) is 4.60. The number of nitrogens with one attached hydrogen (secondary N) is 1. The van der Waals surface area contributed by atoms with Crippen molar-refractivity contribution >= 4 is 37.5 Å². The van der Waals surface area contributed by atoms with E-state index in [1.807, 2.05) is 0 Å². The first kappa shape index (κ1) is 17.9. The zero-order valence-corrected chi connectivity index (χ0v) is 14.5. The zero-order valence-electron chi connectivity index (χ0n) is 12.1. The number of rotatable bonds is 7. The maximum absolute atomic E-state index is 11.9. The molecule has 1 amide bonds. The summed E-state index contributed by atoms with van der Waals surface area (Å²) in [7, 11) is -3.18. The fourth-order valence-corrected chi connectivity index (χ4v) is 3.16. The second-order valence-corrected chi connectivity index (χ2v) is 7.49. The third-order valence-corrected chi connectivity index (χ3v) is 4.82. The van der Waals surface area contributed by atoms with Gasteiger partial charge in [0.05, 0.1) is 11.8 Å². The van der Waals surface area contributed by atoms with Crippen LogP contribution in [0.2, 0.25) is 0 Å². The maximum Gasteiger partial charge on any atom is 0.253 e. The summed E-state index contributed by atoms with van der Waals surface area (Å²) in [5.74, 6) is -0.262. The van der Waals surface area contributed by atoms with Gasteiger partial charge < -0.3 is 11.1 Å². The van der Waals surface area contributed by atoms with Crippen molar-refractivity contribution in [1.82, 2.24) is 9.62 Å². The van der Waals surface area contributed by atoms with Crippen molar-refractivity contribution in [2.45, 2.75) is 13.3 Å². The molecule has 0 aliphatic carbocycles. The van der Waals surface area contributed by atoms with E-state index in [0.717, 1.165) is 4.47 Å². The van der Waals surface area contributed by atoms with Gasteiger partial charge in [-0.05, 0) is 24.6 Å². The van der Waals surface area contributed by atoms with Crippen LogP contribution in [0.25, 0.3) is 0 Å². The van der Waals surface area contributed by atoms with Crippen molar-refractivity contribution in [2.24, 2.45) is 0 Å². The number of anilines is 1. The minimum absolute atomic E-state index is 0.262. The molecule has 1 aromatic rings. The Morgan fingerprint density at radius 2 is 2.10 bits per heavy atom. The van der Waals surface area contributed by atoms with Gasteiger partial charge in [-0.15, -0.1) is 0 Å². The molecule has 0 aliphatic heterocycles. The van der Waals surface area contributed by atoms with E-state index in [2.05, 4.69) is 21.2 Å². The van der Waals surface area contributed by atoms with E-state index in [4.69, 9.17) is 5.73 Å². The fourth-order valence-electron chi connectivity index (χ4n) is 1.85. The Kier molecular flexibility index (Phi) is 6.63. The number of carbonyl (C=O) groups is 1. The summed E-state index contributed by atoms with van der Waals surface area (Å²) in [5.41, 5.74) is 6.58. The lowest BCUT2D eigenvalue weighted by Gasteiger charge is -2.17. The SMILES string of the molecule is CCN(CCCNC(=O)c1ccc(Br)cc1N)S(C)(=O)=O. The molecule has 0 aromatic heterocycles. The molecule has 6 nitrogen and oxygen atoms in total. The van der Waals surface area contributed by atoms with E-state index in [1.165, 1.54) is 10.6 Å². The molecule has 0 fully saturated rings. The zero-order chi connectivity index (χ0) is 16.0. The Morgan fingerprint density at radius 3 is 2.62 bits per heavy atom. The molecule has 8 heteroatoms. The number of nitrogen functional groups attached to an aromatic ring is 1. The van der Waals surface area contributed by atoms with Gasteiger partial charge in [0.25, 0.3) is 5.91 Å². The summed E-state index contributed by atoms with van der Waals surface area (Å²) in [4.78, 5) is 11.9. The third-order valence-electron chi connectivity index (χ3n) is 2.95. The Morgan fingerprint density at radius 1 is 1.43 bits per heavy atom. The lowest BCUT2D eigenvalue weighted by atomic mass is 10.1. The number of amides is 1. The Hall–Kier alpha value is -1.12. The van der Waals surface area contributed by atoms with Gasteiger partial charge in [-0.2, -0.15) is 0 Å². The second kappa shape index (κ2) is 7.77. The van der Waals surface area contributed by atoms with Gasteiger partial charge in [-0.3, -0.25) is 4.79 Å². The number of nitrogens with zero attached hydrogens (tertiary/aromatic N) is 1. The van der Waals surface area contributed by atoms with Crippen LogP contribution in [0.5, 0.6) is 0 Å². The third kappa shape index (κ3) is 5.64. The minimum atomic E-state index is -3.18. The van der Waals surface area contributed by atoms with E-state index >= 15 is 0 Å². The highest BCUT2D eigenvalue weighted by Crippen LogP contribution is 2.18. The van der Waals surface area contributed by atoms with Gasteiger partial charge in [-0.1, -0.05) is 22.9 Å². The molecule has 0 unspecified atom stereocenters. The van der Waals surface area contributed by atoms with Crippen molar-refractivity contribution in [2.75, 3.05) is 31.6 Å². The quantitative estimate of drug-likeness (QED) is 0.555. The van der Waals surface area contributed by atoms with Crippen molar-refractivity contribution in [1.29, 1.82) is 0 Å². The molecular weight excluding hydrogens is 358 g/mol. The first-order valence-corrected chi connectivity index (χ1v) is 9.18. The summed E-state index contributed by atoms with van der Waals surface area (Å²) in [6, 6.07) is 5.05. The van der Waals surface area contributed by atoms with Crippen LogP contribution in [-0.2, 0) is 10.0 Å². The van der Waals surface area contributed by atoms with E-state index < -0.39 is 10.0 Å². The smallest absolute Gasteiger partial charge is 0.253 e. The number of nitrogens with two attached hydrogens (primary N) is 1. The van der Waals surface area contributed by atoms with Crippen LogP contribution in [0.15, 0.2) is 22.7 Å². The first-order chi connectivity index (χ1) is 9.75. The maximum atomic E-state index is 11.9. The summed E-state index contributed by atoms with van der Waals surface area (Å²) < 4.78 is 25.0. The Labute approximate surface area is 133 Å². The lowest BCUT2D eigenvalue weighted by molar-refractivity contribution is 0.0953. The number of hydrogen-bond acceptors (Lipinski definition) is 4. The van der Waals surface area contributed by atoms with Gasteiger partial charge in [-0.25, -0.2) is 12.7 Å². The predicted octanol–water partition coefficient (Wildman–Crippen LogP) is 1.43. The minimum Gasteiger partial charge on any atom is -0.398 e. The number of benzene rings is 1.